The van der Waals surface area contributed by atoms with E-state index in [9.17, 15) is 4.79 Å². The molecule has 116 valence electrons. The van der Waals surface area contributed by atoms with Crippen molar-refractivity contribution in [3.8, 4) is 0 Å². The van der Waals surface area contributed by atoms with Gasteiger partial charge in [-0.05, 0) is 24.5 Å². The maximum Gasteiger partial charge on any atom is 0.223 e. The second-order valence-electron chi connectivity index (χ2n) is 5.96. The van der Waals surface area contributed by atoms with Crippen molar-refractivity contribution in [3.63, 3.8) is 0 Å². The first-order chi connectivity index (χ1) is 10.3. The zero-order valence-corrected chi connectivity index (χ0v) is 13.4. The summed E-state index contributed by atoms with van der Waals surface area (Å²) in [6.45, 7) is 7.08. The van der Waals surface area contributed by atoms with Gasteiger partial charge in [0.15, 0.2) is 0 Å². The largest absolute Gasteiger partial charge is 0.384 e. The Bertz CT molecular complexity index is 450. The number of rotatable bonds is 8. The van der Waals surface area contributed by atoms with E-state index in [2.05, 4.69) is 42.3 Å². The van der Waals surface area contributed by atoms with Crippen LogP contribution in [-0.2, 0) is 4.79 Å². The molecule has 21 heavy (non-hydrogen) atoms. The second-order valence-corrected chi connectivity index (χ2v) is 5.96. The van der Waals surface area contributed by atoms with Crippen molar-refractivity contribution in [2.75, 3.05) is 25.0 Å². The average molecular weight is 288 g/mol. The van der Waals surface area contributed by atoms with Crippen LogP contribution in [0.2, 0.25) is 0 Å². The Morgan fingerprint density at radius 1 is 1.19 bits per heavy atom. The zero-order chi connectivity index (χ0) is 15.1. The summed E-state index contributed by atoms with van der Waals surface area (Å²) >= 11 is 0. The number of nitrogens with zero attached hydrogens (tertiary/aromatic N) is 1. The van der Waals surface area contributed by atoms with E-state index in [4.69, 9.17) is 0 Å². The highest BCUT2D eigenvalue weighted by Gasteiger charge is 2.25. The molecule has 0 saturated carbocycles. The molecule has 0 radical (unpaired) electrons. The van der Waals surface area contributed by atoms with Gasteiger partial charge in [0.05, 0.1) is 0 Å². The lowest BCUT2D eigenvalue weighted by Crippen LogP contribution is -2.34. The highest BCUT2D eigenvalue weighted by atomic mass is 16.2. The van der Waals surface area contributed by atoms with E-state index in [1.165, 1.54) is 11.3 Å². The van der Waals surface area contributed by atoms with E-state index in [0.717, 1.165) is 45.3 Å². The number of carbonyl (C=O) groups excluding carboxylic acids is 1. The molecule has 3 nitrogen and oxygen atoms in total. The Kier molecular flexibility index (Phi) is 6.09. The number of nitrogens with one attached hydrogen (secondary N) is 1. The van der Waals surface area contributed by atoms with Crippen LogP contribution in [0.15, 0.2) is 24.3 Å². The van der Waals surface area contributed by atoms with Crippen molar-refractivity contribution in [1.29, 1.82) is 0 Å². The number of hydrogen-bond acceptors (Lipinski definition) is 2. The fourth-order valence-corrected chi connectivity index (χ4v) is 2.94. The molecule has 2 rings (SSSR count). The fraction of sp³-hybridized carbons (Fsp3) is 0.611. The van der Waals surface area contributed by atoms with Gasteiger partial charge in [0, 0.05) is 37.7 Å². The Morgan fingerprint density at radius 2 is 1.86 bits per heavy atom. The second kappa shape index (κ2) is 8.06. The van der Waals surface area contributed by atoms with Crippen molar-refractivity contribution >= 4 is 11.6 Å². The molecule has 1 unspecified atom stereocenters. The fourth-order valence-electron chi connectivity index (χ4n) is 2.94. The third-order valence-corrected chi connectivity index (χ3v) is 4.28. The molecule has 1 aliphatic heterocycles. The van der Waals surface area contributed by atoms with Crippen molar-refractivity contribution in [3.05, 3.63) is 29.8 Å². The summed E-state index contributed by atoms with van der Waals surface area (Å²) < 4.78 is 0. The van der Waals surface area contributed by atoms with Gasteiger partial charge in [0.1, 0.15) is 0 Å². The van der Waals surface area contributed by atoms with Gasteiger partial charge in [-0.25, -0.2) is 0 Å². The number of carbonyl (C=O) groups is 1. The highest BCUT2D eigenvalue weighted by Crippen LogP contribution is 2.33. The molecule has 1 heterocycles. The van der Waals surface area contributed by atoms with Crippen LogP contribution in [-0.4, -0.2) is 30.4 Å². The van der Waals surface area contributed by atoms with Gasteiger partial charge in [0.2, 0.25) is 5.91 Å². The van der Waals surface area contributed by atoms with Gasteiger partial charge >= 0.3 is 0 Å². The topological polar surface area (TPSA) is 32.3 Å². The Morgan fingerprint density at radius 3 is 2.52 bits per heavy atom. The van der Waals surface area contributed by atoms with E-state index in [1.807, 2.05) is 6.07 Å². The molecule has 0 aromatic heterocycles. The third kappa shape index (κ3) is 4.23. The first-order valence-electron chi connectivity index (χ1n) is 8.36. The highest BCUT2D eigenvalue weighted by molar-refractivity contribution is 5.78. The Hall–Kier alpha value is -1.51. The molecule has 0 fully saturated rings. The molecule has 1 N–H and O–H groups in total. The van der Waals surface area contributed by atoms with Gasteiger partial charge < -0.3 is 10.2 Å². The number of para-hydroxylation sites is 1. The molecule has 3 heteroatoms. The van der Waals surface area contributed by atoms with E-state index in [1.54, 1.807) is 0 Å². The van der Waals surface area contributed by atoms with Crippen LogP contribution < -0.4 is 5.32 Å². The Labute approximate surface area is 128 Å². The predicted octanol–water partition coefficient (Wildman–Crippen LogP) is 4.01. The SMILES string of the molecule is CCCCN(CCCC)C(=O)CC1CNc2ccccc21. The summed E-state index contributed by atoms with van der Waals surface area (Å²) in [7, 11) is 0. The number of hydrogen-bond donors (Lipinski definition) is 1. The smallest absolute Gasteiger partial charge is 0.223 e. The summed E-state index contributed by atoms with van der Waals surface area (Å²) in [5.74, 6) is 0.653. The van der Waals surface area contributed by atoms with Crippen LogP contribution in [0.5, 0.6) is 0 Å². The predicted molar refractivity (Wildman–Crippen MR) is 88.7 cm³/mol. The van der Waals surface area contributed by atoms with E-state index >= 15 is 0 Å². The van der Waals surface area contributed by atoms with Gasteiger partial charge in [-0.3, -0.25) is 4.79 Å². The van der Waals surface area contributed by atoms with Crippen molar-refractivity contribution < 1.29 is 4.79 Å². The first kappa shape index (κ1) is 15.9. The molecule has 1 atom stereocenters. The molecule has 0 aliphatic carbocycles. The minimum absolute atomic E-state index is 0.320. The van der Waals surface area contributed by atoms with Gasteiger partial charge in [-0.2, -0.15) is 0 Å². The van der Waals surface area contributed by atoms with E-state index < -0.39 is 0 Å². The van der Waals surface area contributed by atoms with Crippen molar-refractivity contribution in [1.82, 2.24) is 4.90 Å². The molecule has 1 aliphatic rings. The number of unbranched alkanes of at least 4 members (excludes halogenated alkanes) is 2. The molecule has 1 aromatic carbocycles. The summed E-state index contributed by atoms with van der Waals surface area (Å²) in [4.78, 5) is 14.7. The third-order valence-electron chi connectivity index (χ3n) is 4.28. The van der Waals surface area contributed by atoms with Crippen molar-refractivity contribution in [2.24, 2.45) is 0 Å². The van der Waals surface area contributed by atoms with Crippen molar-refractivity contribution in [2.45, 2.75) is 51.9 Å². The summed E-state index contributed by atoms with van der Waals surface area (Å²) in [5, 5.41) is 3.41. The van der Waals surface area contributed by atoms with Crippen LogP contribution in [0.25, 0.3) is 0 Å². The van der Waals surface area contributed by atoms with Crippen LogP contribution >= 0.6 is 0 Å². The minimum Gasteiger partial charge on any atom is -0.384 e. The average Bonchev–Trinajstić information content (AvgIpc) is 2.91. The van der Waals surface area contributed by atoms with Gasteiger partial charge in [0.25, 0.3) is 0 Å². The molecule has 0 saturated heterocycles. The van der Waals surface area contributed by atoms with Crippen LogP contribution in [0.3, 0.4) is 0 Å². The van der Waals surface area contributed by atoms with Gasteiger partial charge in [-0.1, -0.05) is 44.9 Å². The quantitative estimate of drug-likeness (QED) is 0.783. The molecule has 0 spiro atoms. The normalized spacial score (nSPS) is 16.4. The zero-order valence-electron chi connectivity index (χ0n) is 13.4. The molecule has 1 amide bonds. The first-order valence-corrected chi connectivity index (χ1v) is 8.36. The maximum atomic E-state index is 12.6. The monoisotopic (exact) mass is 288 g/mol. The van der Waals surface area contributed by atoms with E-state index in [0.29, 0.717) is 18.2 Å². The molecular formula is C18H28N2O. The van der Waals surface area contributed by atoms with Crippen LogP contribution in [0.4, 0.5) is 5.69 Å². The molecule has 1 aromatic rings. The summed E-state index contributed by atoms with van der Waals surface area (Å²) in [6, 6.07) is 8.36. The number of amides is 1. The summed E-state index contributed by atoms with van der Waals surface area (Å²) in [5.41, 5.74) is 2.50. The molecule has 0 bridgehead atoms. The standard InChI is InChI=1S/C18H28N2O/c1-3-5-11-20(12-6-4-2)18(21)13-15-14-19-17-10-8-7-9-16(15)17/h7-10,15,19H,3-6,11-14H2,1-2H3. The van der Waals surface area contributed by atoms with Gasteiger partial charge in [-0.15, -0.1) is 0 Å². The summed E-state index contributed by atoms with van der Waals surface area (Å²) in [6.07, 6.45) is 5.13. The van der Waals surface area contributed by atoms with Crippen LogP contribution in [0, 0.1) is 0 Å². The lowest BCUT2D eigenvalue weighted by Gasteiger charge is -2.24. The minimum atomic E-state index is 0.320. The van der Waals surface area contributed by atoms with Crippen LogP contribution in [0.1, 0.15) is 57.4 Å². The number of benzene rings is 1. The number of anilines is 1. The maximum absolute atomic E-state index is 12.6. The Balaban J connectivity index is 1.95. The number of fused-ring (bicyclic) bond motifs is 1. The lowest BCUT2D eigenvalue weighted by molar-refractivity contribution is -0.131. The molecular weight excluding hydrogens is 260 g/mol. The van der Waals surface area contributed by atoms with E-state index in [-0.39, 0.29) is 0 Å². The lowest BCUT2D eigenvalue weighted by atomic mass is 9.97.